The second-order valence-corrected chi connectivity index (χ2v) is 6.82. The van der Waals surface area contributed by atoms with Gasteiger partial charge in [-0.3, -0.25) is 4.99 Å². The summed E-state index contributed by atoms with van der Waals surface area (Å²) in [6.07, 6.45) is 0. The van der Waals surface area contributed by atoms with Crippen LogP contribution in [0.2, 0.25) is 0 Å². The van der Waals surface area contributed by atoms with Crippen molar-refractivity contribution in [1.82, 2.24) is 0 Å². The third-order valence-electron chi connectivity index (χ3n) is 5.10. The molecule has 0 bridgehead atoms. The lowest BCUT2D eigenvalue weighted by molar-refractivity contribution is -0.136. The molecule has 3 rings (SSSR count). The number of hydrogen-bond acceptors (Lipinski definition) is 4. The molecule has 0 amide bonds. The van der Waals surface area contributed by atoms with Gasteiger partial charge in [0.2, 0.25) is 0 Å². The normalized spacial score (nSPS) is 19.5. The fourth-order valence-corrected chi connectivity index (χ4v) is 3.56. The van der Waals surface area contributed by atoms with Gasteiger partial charge in [-0.1, -0.05) is 55.5 Å². The Balaban J connectivity index is 1.99. The van der Waals surface area contributed by atoms with E-state index in [1.807, 2.05) is 68.4 Å². The summed E-state index contributed by atoms with van der Waals surface area (Å²) in [4.78, 5) is 17.1. The van der Waals surface area contributed by atoms with Crippen molar-refractivity contribution in [3.63, 3.8) is 0 Å². The Morgan fingerprint density at radius 2 is 1.70 bits per heavy atom. The van der Waals surface area contributed by atoms with Gasteiger partial charge in [-0.2, -0.15) is 0 Å². The lowest BCUT2D eigenvalue weighted by atomic mass is 9.76. The Kier molecular flexibility index (Phi) is 5.75. The first-order valence-corrected chi connectivity index (χ1v) is 9.12. The number of carbonyl (C=O) groups is 1. The summed E-state index contributed by atoms with van der Waals surface area (Å²) in [6, 6.07) is 17.9. The van der Waals surface area contributed by atoms with Gasteiger partial charge in [0.25, 0.3) is 0 Å². The first kappa shape index (κ1) is 18.9. The molecule has 1 aliphatic heterocycles. The predicted octanol–water partition coefficient (Wildman–Crippen LogP) is 4.91. The quantitative estimate of drug-likeness (QED) is 0.710. The van der Waals surface area contributed by atoms with Gasteiger partial charge in [0.1, 0.15) is 12.4 Å². The summed E-state index contributed by atoms with van der Waals surface area (Å²) in [5, 5.41) is 0. The Morgan fingerprint density at radius 1 is 1.04 bits per heavy atom. The van der Waals surface area contributed by atoms with Crippen molar-refractivity contribution in [2.75, 3.05) is 7.11 Å². The number of esters is 1. The highest BCUT2D eigenvalue weighted by atomic mass is 16.5. The van der Waals surface area contributed by atoms with Crippen LogP contribution in [-0.4, -0.2) is 18.8 Å². The number of hydrogen-bond donors (Lipinski definition) is 0. The van der Waals surface area contributed by atoms with Crippen LogP contribution in [0.4, 0.5) is 0 Å². The summed E-state index contributed by atoms with van der Waals surface area (Å²) in [5.41, 5.74) is 4.39. The van der Waals surface area contributed by atoms with Crippen molar-refractivity contribution in [2.24, 2.45) is 10.9 Å². The number of nitrogens with zero attached hydrogens (tertiary/aromatic N) is 1. The number of methoxy groups -OCH3 is 1. The van der Waals surface area contributed by atoms with Crippen LogP contribution in [-0.2, 0) is 16.1 Å². The molecule has 27 heavy (non-hydrogen) atoms. The van der Waals surface area contributed by atoms with Gasteiger partial charge >= 0.3 is 5.97 Å². The van der Waals surface area contributed by atoms with Crippen molar-refractivity contribution in [2.45, 2.75) is 33.3 Å². The van der Waals surface area contributed by atoms with E-state index < -0.39 is 0 Å². The Labute approximate surface area is 160 Å². The number of allylic oxidation sites excluding steroid dienone is 1. The third kappa shape index (κ3) is 3.95. The minimum atomic E-state index is -0.335. The zero-order valence-corrected chi connectivity index (χ0v) is 16.2. The van der Waals surface area contributed by atoms with Gasteiger partial charge in [-0.25, -0.2) is 4.79 Å². The Morgan fingerprint density at radius 3 is 2.41 bits per heavy atom. The molecule has 0 spiro atoms. The van der Waals surface area contributed by atoms with Gasteiger partial charge in [-0.05, 0) is 25.5 Å². The molecule has 0 N–H and O–H groups in total. The molecule has 2 aromatic rings. The van der Waals surface area contributed by atoms with Crippen LogP contribution >= 0.6 is 0 Å². The monoisotopic (exact) mass is 363 g/mol. The van der Waals surface area contributed by atoms with Crippen molar-refractivity contribution in [3.05, 3.63) is 77.0 Å². The molecule has 4 heteroatoms. The topological polar surface area (TPSA) is 47.9 Å². The van der Waals surface area contributed by atoms with E-state index in [0.29, 0.717) is 17.9 Å². The van der Waals surface area contributed by atoms with Crippen LogP contribution in [0, 0.1) is 5.92 Å². The molecule has 0 aromatic heterocycles. The third-order valence-corrected chi connectivity index (χ3v) is 5.10. The van der Waals surface area contributed by atoms with Crippen LogP contribution in [0.3, 0.4) is 0 Å². The number of aliphatic imine (C=N–C) groups is 1. The van der Waals surface area contributed by atoms with Crippen molar-refractivity contribution in [3.8, 4) is 5.75 Å². The molecule has 4 nitrogen and oxygen atoms in total. The van der Waals surface area contributed by atoms with Crippen molar-refractivity contribution >= 4 is 11.7 Å². The first-order chi connectivity index (χ1) is 13.0. The number of para-hydroxylation sites is 1. The molecular weight excluding hydrogens is 338 g/mol. The zero-order valence-electron chi connectivity index (χ0n) is 16.2. The van der Waals surface area contributed by atoms with Gasteiger partial charge in [0.15, 0.2) is 0 Å². The van der Waals surface area contributed by atoms with Crippen LogP contribution in [0.5, 0.6) is 5.75 Å². The zero-order chi connectivity index (χ0) is 19.4. The predicted molar refractivity (Wildman–Crippen MR) is 107 cm³/mol. The summed E-state index contributed by atoms with van der Waals surface area (Å²) in [7, 11) is 1.41. The van der Waals surface area contributed by atoms with Crippen molar-refractivity contribution in [1.29, 1.82) is 0 Å². The number of carbonyl (C=O) groups excluding carboxylic acids is 1. The molecule has 2 aromatic carbocycles. The summed E-state index contributed by atoms with van der Waals surface area (Å²) in [6.45, 7) is 6.43. The van der Waals surface area contributed by atoms with Crippen LogP contribution in [0.25, 0.3) is 0 Å². The molecule has 2 unspecified atom stereocenters. The second kappa shape index (κ2) is 8.21. The lowest BCUT2D eigenvalue weighted by Crippen LogP contribution is -2.28. The SMILES string of the molecule is COC(=O)C1=C(C)N=C(C)C(C)C1c1ccccc1OCc1ccccc1. The van der Waals surface area contributed by atoms with Crippen LogP contribution < -0.4 is 4.74 Å². The second-order valence-electron chi connectivity index (χ2n) is 6.82. The standard InChI is InChI=1S/C23H25NO3/c1-15-16(2)24-17(3)22(23(25)26-4)21(15)19-12-8-9-13-20(19)27-14-18-10-6-5-7-11-18/h5-13,15,21H,14H2,1-4H3. The molecule has 0 saturated carbocycles. The van der Waals surface area contributed by atoms with Gasteiger partial charge in [0.05, 0.1) is 12.7 Å². The molecule has 2 atom stereocenters. The van der Waals surface area contributed by atoms with E-state index in [0.717, 1.165) is 22.6 Å². The molecule has 0 saturated heterocycles. The summed E-state index contributed by atoms with van der Waals surface area (Å²) in [5.74, 6) is 0.367. The van der Waals surface area contributed by atoms with E-state index in [-0.39, 0.29) is 17.8 Å². The minimum absolute atomic E-state index is 0.0734. The number of benzene rings is 2. The highest BCUT2D eigenvalue weighted by Crippen LogP contribution is 2.42. The molecule has 1 heterocycles. The maximum atomic E-state index is 12.5. The lowest BCUT2D eigenvalue weighted by Gasteiger charge is -2.31. The fourth-order valence-electron chi connectivity index (χ4n) is 3.56. The highest BCUT2D eigenvalue weighted by molar-refractivity contribution is 5.97. The Bertz CT molecular complexity index is 884. The average Bonchev–Trinajstić information content (AvgIpc) is 2.69. The van der Waals surface area contributed by atoms with E-state index in [4.69, 9.17) is 9.47 Å². The highest BCUT2D eigenvalue weighted by Gasteiger charge is 2.36. The summed E-state index contributed by atoms with van der Waals surface area (Å²) >= 11 is 0. The van der Waals surface area contributed by atoms with E-state index in [9.17, 15) is 4.79 Å². The van der Waals surface area contributed by atoms with Crippen molar-refractivity contribution < 1.29 is 14.3 Å². The molecule has 0 fully saturated rings. The van der Waals surface area contributed by atoms with E-state index in [2.05, 4.69) is 11.9 Å². The Hall–Kier alpha value is -2.88. The molecule has 1 aliphatic rings. The maximum Gasteiger partial charge on any atom is 0.336 e. The summed E-state index contributed by atoms with van der Waals surface area (Å²) < 4.78 is 11.2. The largest absolute Gasteiger partial charge is 0.489 e. The van der Waals surface area contributed by atoms with Crippen LogP contribution in [0.1, 0.15) is 37.8 Å². The van der Waals surface area contributed by atoms with Gasteiger partial charge in [-0.15, -0.1) is 0 Å². The number of rotatable bonds is 5. The molecule has 140 valence electrons. The van der Waals surface area contributed by atoms with E-state index in [1.54, 1.807) is 0 Å². The first-order valence-electron chi connectivity index (χ1n) is 9.12. The maximum absolute atomic E-state index is 12.5. The number of ether oxygens (including phenoxy) is 2. The minimum Gasteiger partial charge on any atom is -0.489 e. The van der Waals surface area contributed by atoms with E-state index in [1.165, 1.54) is 7.11 Å². The molecule has 0 radical (unpaired) electrons. The molecular formula is C23H25NO3. The molecule has 0 aliphatic carbocycles. The smallest absolute Gasteiger partial charge is 0.336 e. The fraction of sp³-hybridized carbons (Fsp3) is 0.304. The average molecular weight is 363 g/mol. The van der Waals surface area contributed by atoms with Gasteiger partial charge in [0, 0.05) is 28.8 Å². The van der Waals surface area contributed by atoms with Gasteiger partial charge < -0.3 is 9.47 Å². The van der Waals surface area contributed by atoms with E-state index >= 15 is 0 Å². The van der Waals surface area contributed by atoms with Crippen LogP contribution in [0.15, 0.2) is 70.9 Å².